The molecule has 1 aliphatic rings. The second-order valence-corrected chi connectivity index (χ2v) is 6.59. The van der Waals surface area contributed by atoms with Gasteiger partial charge in [0.25, 0.3) is 0 Å². The van der Waals surface area contributed by atoms with Gasteiger partial charge < -0.3 is 10.2 Å². The third-order valence-corrected chi connectivity index (χ3v) is 4.58. The largest absolute Gasteiger partial charge is 0.348 e. The molecule has 0 unspecified atom stereocenters. The summed E-state index contributed by atoms with van der Waals surface area (Å²) in [6, 6.07) is 10.5. The number of hydrogen-bond acceptors (Lipinski definition) is 3. The number of likely N-dealkylation sites (N-methyl/N-ethyl adjacent to an activating group) is 1. The third-order valence-electron chi connectivity index (χ3n) is 4.58. The molecule has 1 amide bonds. The van der Waals surface area contributed by atoms with Gasteiger partial charge in [0.1, 0.15) is 0 Å². The predicted molar refractivity (Wildman–Crippen MR) is 95.4 cm³/mol. The maximum absolute atomic E-state index is 12.3. The van der Waals surface area contributed by atoms with Crippen LogP contribution in [0.1, 0.15) is 44.2 Å². The first-order valence-corrected chi connectivity index (χ1v) is 8.94. The first-order chi connectivity index (χ1) is 11.2. The lowest BCUT2D eigenvalue weighted by Crippen LogP contribution is -2.47. The van der Waals surface area contributed by atoms with Gasteiger partial charge in [-0.15, -0.1) is 0 Å². The van der Waals surface area contributed by atoms with E-state index in [-0.39, 0.29) is 11.9 Å². The number of amides is 1. The zero-order valence-corrected chi connectivity index (χ0v) is 14.6. The van der Waals surface area contributed by atoms with Crippen molar-refractivity contribution in [3.05, 3.63) is 35.9 Å². The van der Waals surface area contributed by atoms with Gasteiger partial charge in [0.05, 0.1) is 6.04 Å². The molecule has 1 aromatic carbocycles. The Hall–Kier alpha value is -1.39. The Balaban J connectivity index is 1.93. The number of piperazine rings is 1. The Morgan fingerprint density at radius 3 is 2.48 bits per heavy atom. The fraction of sp³-hybridized carbons (Fsp3) is 0.632. The highest BCUT2D eigenvalue weighted by Crippen LogP contribution is 2.16. The summed E-state index contributed by atoms with van der Waals surface area (Å²) in [5, 5.41) is 3.26. The van der Waals surface area contributed by atoms with E-state index < -0.39 is 0 Å². The topological polar surface area (TPSA) is 35.6 Å². The van der Waals surface area contributed by atoms with Crippen LogP contribution in [-0.2, 0) is 4.79 Å². The summed E-state index contributed by atoms with van der Waals surface area (Å²) in [6.07, 6.45) is 3.90. The minimum absolute atomic E-state index is 0.0914. The van der Waals surface area contributed by atoms with Crippen LogP contribution in [0.5, 0.6) is 0 Å². The van der Waals surface area contributed by atoms with Crippen molar-refractivity contribution >= 4 is 5.91 Å². The van der Waals surface area contributed by atoms with Crippen molar-refractivity contribution in [3.63, 3.8) is 0 Å². The van der Waals surface area contributed by atoms with Crippen LogP contribution < -0.4 is 5.32 Å². The summed E-state index contributed by atoms with van der Waals surface area (Å²) in [5.41, 5.74) is 1.20. The molecule has 23 heavy (non-hydrogen) atoms. The first-order valence-electron chi connectivity index (χ1n) is 8.94. The number of carbonyl (C=O) groups excluding carboxylic acids is 1. The van der Waals surface area contributed by atoms with Crippen molar-refractivity contribution in [2.45, 2.75) is 38.6 Å². The molecule has 0 bridgehead atoms. The SMILES string of the molecule is CCCCCC(=O)N[C@H](CN1CCN(C)CC1)c1ccccc1. The fourth-order valence-electron chi connectivity index (χ4n) is 3.01. The lowest BCUT2D eigenvalue weighted by Gasteiger charge is -2.35. The van der Waals surface area contributed by atoms with Crippen LogP contribution >= 0.6 is 0 Å². The smallest absolute Gasteiger partial charge is 0.220 e. The van der Waals surface area contributed by atoms with E-state index in [9.17, 15) is 4.79 Å². The number of nitrogens with one attached hydrogen (secondary N) is 1. The molecular weight excluding hydrogens is 286 g/mol. The normalized spacial score (nSPS) is 17.8. The molecule has 4 nitrogen and oxygen atoms in total. The molecule has 1 N–H and O–H groups in total. The number of rotatable bonds is 8. The van der Waals surface area contributed by atoms with Crippen molar-refractivity contribution in [3.8, 4) is 0 Å². The maximum atomic E-state index is 12.3. The van der Waals surface area contributed by atoms with Crippen molar-refractivity contribution in [1.82, 2.24) is 15.1 Å². The number of hydrogen-bond donors (Lipinski definition) is 1. The van der Waals surface area contributed by atoms with Crippen LogP contribution in [0.15, 0.2) is 30.3 Å². The Morgan fingerprint density at radius 2 is 1.83 bits per heavy atom. The summed E-state index contributed by atoms with van der Waals surface area (Å²) in [6.45, 7) is 7.42. The van der Waals surface area contributed by atoms with Gasteiger partial charge in [0.15, 0.2) is 0 Å². The Bertz CT molecular complexity index is 455. The summed E-state index contributed by atoms with van der Waals surface area (Å²) >= 11 is 0. The van der Waals surface area contributed by atoms with Crippen LogP contribution in [0.3, 0.4) is 0 Å². The third kappa shape index (κ3) is 6.32. The Morgan fingerprint density at radius 1 is 1.13 bits per heavy atom. The zero-order valence-electron chi connectivity index (χ0n) is 14.6. The van der Waals surface area contributed by atoms with Crippen LogP contribution in [0.25, 0.3) is 0 Å². The van der Waals surface area contributed by atoms with Crippen LogP contribution in [0.4, 0.5) is 0 Å². The van der Waals surface area contributed by atoms with Gasteiger partial charge in [-0.05, 0) is 19.0 Å². The molecular formula is C19H31N3O. The molecule has 1 heterocycles. The summed E-state index contributed by atoms with van der Waals surface area (Å²) in [5.74, 6) is 0.182. The van der Waals surface area contributed by atoms with Gasteiger partial charge in [-0.25, -0.2) is 0 Å². The molecule has 1 atom stereocenters. The molecule has 0 aliphatic carbocycles. The summed E-state index contributed by atoms with van der Waals surface area (Å²) < 4.78 is 0. The summed E-state index contributed by atoms with van der Waals surface area (Å²) in [7, 11) is 2.17. The minimum Gasteiger partial charge on any atom is -0.348 e. The zero-order chi connectivity index (χ0) is 16.5. The Labute approximate surface area is 140 Å². The molecule has 0 spiro atoms. The van der Waals surface area contributed by atoms with E-state index in [1.807, 2.05) is 6.07 Å². The highest BCUT2D eigenvalue weighted by atomic mass is 16.1. The van der Waals surface area contributed by atoms with E-state index >= 15 is 0 Å². The van der Waals surface area contributed by atoms with Gasteiger partial charge >= 0.3 is 0 Å². The highest BCUT2D eigenvalue weighted by Gasteiger charge is 2.20. The monoisotopic (exact) mass is 317 g/mol. The van der Waals surface area contributed by atoms with Gasteiger partial charge in [-0.3, -0.25) is 9.69 Å². The van der Waals surface area contributed by atoms with Crippen LogP contribution in [-0.4, -0.2) is 55.5 Å². The van der Waals surface area contributed by atoms with Gasteiger partial charge in [0, 0.05) is 39.1 Å². The molecule has 2 rings (SSSR count). The van der Waals surface area contributed by atoms with E-state index in [2.05, 4.69) is 53.4 Å². The van der Waals surface area contributed by atoms with E-state index in [0.29, 0.717) is 6.42 Å². The number of nitrogens with zero attached hydrogens (tertiary/aromatic N) is 2. The average Bonchev–Trinajstić information content (AvgIpc) is 2.57. The molecule has 4 heteroatoms. The number of carbonyl (C=O) groups is 1. The summed E-state index contributed by atoms with van der Waals surface area (Å²) in [4.78, 5) is 17.1. The van der Waals surface area contributed by atoms with Crippen molar-refractivity contribution < 1.29 is 4.79 Å². The van der Waals surface area contributed by atoms with Gasteiger partial charge in [0.2, 0.25) is 5.91 Å². The van der Waals surface area contributed by atoms with E-state index in [1.165, 1.54) is 5.56 Å². The van der Waals surface area contributed by atoms with E-state index in [1.54, 1.807) is 0 Å². The molecule has 0 aromatic heterocycles. The molecule has 1 saturated heterocycles. The lowest BCUT2D eigenvalue weighted by atomic mass is 10.1. The molecule has 1 aliphatic heterocycles. The van der Waals surface area contributed by atoms with Gasteiger partial charge in [-0.1, -0.05) is 50.1 Å². The van der Waals surface area contributed by atoms with Crippen molar-refractivity contribution in [2.24, 2.45) is 0 Å². The lowest BCUT2D eigenvalue weighted by molar-refractivity contribution is -0.122. The standard InChI is InChI=1S/C19H31N3O/c1-3-4-6-11-19(23)20-18(17-9-7-5-8-10-17)16-22-14-12-21(2)13-15-22/h5,7-10,18H,3-4,6,11-16H2,1-2H3,(H,20,23)/t18-/m1/s1. The quantitative estimate of drug-likeness (QED) is 0.749. The highest BCUT2D eigenvalue weighted by molar-refractivity contribution is 5.76. The minimum atomic E-state index is 0.0914. The fourth-order valence-corrected chi connectivity index (χ4v) is 3.01. The second-order valence-electron chi connectivity index (χ2n) is 6.59. The molecule has 0 saturated carbocycles. The maximum Gasteiger partial charge on any atom is 0.220 e. The predicted octanol–water partition coefficient (Wildman–Crippen LogP) is 2.67. The van der Waals surface area contributed by atoms with E-state index in [0.717, 1.165) is 52.0 Å². The van der Waals surface area contributed by atoms with E-state index in [4.69, 9.17) is 0 Å². The first kappa shape index (κ1) is 18.0. The number of benzene rings is 1. The van der Waals surface area contributed by atoms with Gasteiger partial charge in [-0.2, -0.15) is 0 Å². The van der Waals surface area contributed by atoms with Crippen LogP contribution in [0, 0.1) is 0 Å². The molecule has 0 radical (unpaired) electrons. The molecule has 128 valence electrons. The number of unbranched alkanes of at least 4 members (excludes halogenated alkanes) is 2. The average molecular weight is 317 g/mol. The molecule has 1 fully saturated rings. The van der Waals surface area contributed by atoms with Crippen molar-refractivity contribution in [2.75, 3.05) is 39.8 Å². The van der Waals surface area contributed by atoms with Crippen LogP contribution in [0.2, 0.25) is 0 Å². The second kappa shape index (κ2) is 9.68. The van der Waals surface area contributed by atoms with Crippen molar-refractivity contribution in [1.29, 1.82) is 0 Å². The molecule has 1 aromatic rings. The Kier molecular flexibility index (Phi) is 7.56.